The first-order chi connectivity index (χ1) is 8.55. The Morgan fingerprint density at radius 3 is 2.11 bits per heavy atom. The lowest BCUT2D eigenvalue weighted by Gasteiger charge is -2.10. The maximum Gasteiger partial charge on any atom is 0.501 e. The van der Waals surface area contributed by atoms with Gasteiger partial charge in [0.15, 0.2) is 0 Å². The van der Waals surface area contributed by atoms with Gasteiger partial charge >= 0.3 is 5.51 Å². The molecule has 0 fully saturated rings. The summed E-state index contributed by atoms with van der Waals surface area (Å²) in [5, 5.41) is 0. The van der Waals surface area contributed by atoms with Crippen molar-refractivity contribution in [3.05, 3.63) is 29.8 Å². The van der Waals surface area contributed by atoms with Crippen molar-refractivity contribution in [3.8, 4) is 0 Å². The summed E-state index contributed by atoms with van der Waals surface area (Å²) in [4.78, 5) is 10.0. The Labute approximate surface area is 108 Å². The smallest absolute Gasteiger partial charge is 0.369 e. The molecule has 4 nitrogen and oxygen atoms in total. The molecule has 0 spiro atoms. The third kappa shape index (κ3) is 3.46. The highest BCUT2D eigenvalue weighted by atomic mass is 32.2. The van der Waals surface area contributed by atoms with Crippen molar-refractivity contribution >= 4 is 15.7 Å². The van der Waals surface area contributed by atoms with Crippen molar-refractivity contribution in [2.24, 2.45) is 11.7 Å². The molecule has 1 aromatic carbocycles. The average molecular weight is 295 g/mol. The third-order valence-electron chi connectivity index (χ3n) is 2.57. The molecule has 1 rings (SSSR count). The lowest BCUT2D eigenvalue weighted by molar-refractivity contribution is -0.121. The first-order valence-electron chi connectivity index (χ1n) is 5.25. The summed E-state index contributed by atoms with van der Waals surface area (Å²) in [6, 6.07) is 4.20. The molecule has 2 N–H and O–H groups in total. The Bertz CT molecular complexity index is 564. The van der Waals surface area contributed by atoms with Gasteiger partial charge in [0.25, 0.3) is 9.84 Å². The molecular weight excluding hydrogens is 283 g/mol. The topological polar surface area (TPSA) is 77.2 Å². The summed E-state index contributed by atoms with van der Waals surface area (Å²) in [7, 11) is -5.33. The van der Waals surface area contributed by atoms with Gasteiger partial charge in [-0.05, 0) is 24.1 Å². The first kappa shape index (κ1) is 15.5. The van der Waals surface area contributed by atoms with Crippen LogP contribution in [0, 0.1) is 5.92 Å². The van der Waals surface area contributed by atoms with Crippen molar-refractivity contribution in [3.63, 3.8) is 0 Å². The van der Waals surface area contributed by atoms with Gasteiger partial charge in [0.05, 0.1) is 4.90 Å². The normalized spacial score (nSPS) is 14.1. The molecule has 0 aliphatic carbocycles. The van der Waals surface area contributed by atoms with Crippen LogP contribution in [0.1, 0.15) is 12.5 Å². The second-order valence-corrected chi connectivity index (χ2v) is 6.04. The van der Waals surface area contributed by atoms with Crippen LogP contribution in [0.3, 0.4) is 0 Å². The summed E-state index contributed by atoms with van der Waals surface area (Å²) in [5.41, 5.74) is 0.267. The summed E-state index contributed by atoms with van der Waals surface area (Å²) >= 11 is 0. The van der Waals surface area contributed by atoms with Gasteiger partial charge in [-0.1, -0.05) is 19.1 Å². The predicted molar refractivity (Wildman–Crippen MR) is 61.7 cm³/mol. The van der Waals surface area contributed by atoms with Gasteiger partial charge in [0.1, 0.15) is 0 Å². The van der Waals surface area contributed by atoms with Crippen LogP contribution in [0.25, 0.3) is 0 Å². The van der Waals surface area contributed by atoms with Crippen molar-refractivity contribution in [1.29, 1.82) is 0 Å². The fourth-order valence-electron chi connectivity index (χ4n) is 1.39. The highest BCUT2D eigenvalue weighted by molar-refractivity contribution is 7.92. The fourth-order valence-corrected chi connectivity index (χ4v) is 2.15. The third-order valence-corrected chi connectivity index (χ3v) is 4.07. The second-order valence-electron chi connectivity index (χ2n) is 4.10. The highest BCUT2D eigenvalue weighted by Crippen LogP contribution is 2.30. The van der Waals surface area contributed by atoms with E-state index in [2.05, 4.69) is 0 Å². The number of hydrogen-bond acceptors (Lipinski definition) is 3. The van der Waals surface area contributed by atoms with E-state index >= 15 is 0 Å². The number of rotatable bonds is 4. The van der Waals surface area contributed by atoms with Crippen LogP contribution in [0.2, 0.25) is 0 Å². The zero-order chi connectivity index (χ0) is 14.8. The number of benzene rings is 1. The SMILES string of the molecule is CC(Cc1ccc(S(=O)(=O)C(F)(F)F)cc1)C(N)=O. The van der Waals surface area contributed by atoms with Crippen LogP contribution in [0.15, 0.2) is 29.2 Å². The molecule has 1 aromatic rings. The van der Waals surface area contributed by atoms with E-state index in [0.717, 1.165) is 12.1 Å². The second kappa shape index (κ2) is 5.20. The molecule has 0 aliphatic rings. The van der Waals surface area contributed by atoms with Crippen molar-refractivity contribution in [2.75, 3.05) is 0 Å². The van der Waals surface area contributed by atoms with E-state index in [0.29, 0.717) is 5.56 Å². The number of alkyl halides is 3. The van der Waals surface area contributed by atoms with Crippen LogP contribution < -0.4 is 5.73 Å². The number of carbonyl (C=O) groups is 1. The number of primary amides is 1. The molecule has 0 heterocycles. The molecule has 1 amide bonds. The standard InChI is InChI=1S/C11H12F3NO3S/c1-7(10(15)16)6-8-2-4-9(5-3-8)19(17,18)11(12,13)14/h2-5,7H,6H2,1H3,(H2,15,16). The Balaban J connectivity index is 2.98. The summed E-state index contributed by atoms with van der Waals surface area (Å²) in [6.07, 6.45) is 0.238. The van der Waals surface area contributed by atoms with Gasteiger partial charge in [-0.2, -0.15) is 13.2 Å². The number of halogens is 3. The maximum atomic E-state index is 12.3. The monoisotopic (exact) mass is 295 g/mol. The molecule has 0 aromatic heterocycles. The van der Waals surface area contributed by atoms with Crippen LogP contribution >= 0.6 is 0 Å². The molecule has 0 bridgehead atoms. The van der Waals surface area contributed by atoms with Crippen LogP contribution in [-0.4, -0.2) is 19.8 Å². The van der Waals surface area contributed by atoms with E-state index in [1.807, 2.05) is 0 Å². The summed E-state index contributed by atoms with van der Waals surface area (Å²) in [5.74, 6) is -1.02. The molecule has 0 saturated heterocycles. The van der Waals surface area contributed by atoms with E-state index < -0.39 is 32.1 Å². The quantitative estimate of drug-likeness (QED) is 0.917. The molecule has 8 heteroatoms. The largest absolute Gasteiger partial charge is 0.501 e. The molecule has 0 radical (unpaired) electrons. The molecule has 106 valence electrons. The van der Waals surface area contributed by atoms with Crippen molar-refractivity contribution < 1.29 is 26.4 Å². The molecule has 1 atom stereocenters. The van der Waals surface area contributed by atoms with Crippen LogP contribution in [-0.2, 0) is 21.1 Å². The number of sulfone groups is 1. The lowest BCUT2D eigenvalue weighted by atomic mass is 10.0. The Morgan fingerprint density at radius 2 is 1.74 bits per heavy atom. The van der Waals surface area contributed by atoms with Gasteiger partial charge < -0.3 is 5.73 Å². The zero-order valence-electron chi connectivity index (χ0n) is 9.94. The molecule has 1 unspecified atom stereocenters. The lowest BCUT2D eigenvalue weighted by Crippen LogP contribution is -2.23. The van der Waals surface area contributed by atoms with Crippen LogP contribution in [0.5, 0.6) is 0 Å². The van der Waals surface area contributed by atoms with E-state index in [1.54, 1.807) is 6.92 Å². The molecule has 0 saturated carbocycles. The minimum atomic E-state index is -5.33. The Morgan fingerprint density at radius 1 is 1.26 bits per heavy atom. The number of amides is 1. The Kier molecular flexibility index (Phi) is 4.24. The van der Waals surface area contributed by atoms with Gasteiger partial charge in [0.2, 0.25) is 5.91 Å². The van der Waals surface area contributed by atoms with E-state index in [-0.39, 0.29) is 6.42 Å². The zero-order valence-corrected chi connectivity index (χ0v) is 10.8. The highest BCUT2D eigenvalue weighted by Gasteiger charge is 2.46. The minimum Gasteiger partial charge on any atom is -0.369 e. The number of carbonyl (C=O) groups excluding carboxylic acids is 1. The van der Waals surface area contributed by atoms with Gasteiger partial charge in [-0.25, -0.2) is 8.42 Å². The fraction of sp³-hybridized carbons (Fsp3) is 0.364. The minimum absolute atomic E-state index is 0.238. The van der Waals surface area contributed by atoms with Gasteiger partial charge in [-0.3, -0.25) is 4.79 Å². The van der Waals surface area contributed by atoms with Crippen molar-refractivity contribution in [2.45, 2.75) is 23.7 Å². The first-order valence-corrected chi connectivity index (χ1v) is 6.73. The van der Waals surface area contributed by atoms with Crippen LogP contribution in [0.4, 0.5) is 13.2 Å². The summed E-state index contributed by atoms with van der Waals surface area (Å²) < 4.78 is 59.1. The van der Waals surface area contributed by atoms with E-state index in [9.17, 15) is 26.4 Å². The average Bonchev–Trinajstić information content (AvgIpc) is 2.28. The van der Waals surface area contributed by atoms with Crippen molar-refractivity contribution in [1.82, 2.24) is 0 Å². The summed E-state index contributed by atoms with van der Waals surface area (Å²) in [6.45, 7) is 1.57. The predicted octanol–water partition coefficient (Wildman–Crippen LogP) is 1.64. The Hall–Kier alpha value is -1.57. The number of nitrogens with two attached hydrogens (primary N) is 1. The number of hydrogen-bond donors (Lipinski definition) is 1. The molecule has 19 heavy (non-hydrogen) atoms. The molecule has 0 aliphatic heterocycles. The van der Waals surface area contributed by atoms with Gasteiger partial charge in [0, 0.05) is 5.92 Å². The maximum absolute atomic E-state index is 12.3. The van der Waals surface area contributed by atoms with E-state index in [4.69, 9.17) is 5.73 Å². The van der Waals surface area contributed by atoms with Gasteiger partial charge in [-0.15, -0.1) is 0 Å². The molecular formula is C11H12F3NO3S. The van der Waals surface area contributed by atoms with E-state index in [1.165, 1.54) is 12.1 Å².